The van der Waals surface area contributed by atoms with Crippen molar-refractivity contribution in [2.24, 2.45) is 0 Å². The quantitative estimate of drug-likeness (QED) is 0.853. The van der Waals surface area contributed by atoms with E-state index in [1.807, 2.05) is 48.6 Å². The Kier molecular flexibility index (Phi) is 5.10. The molecule has 4 nitrogen and oxygen atoms in total. The summed E-state index contributed by atoms with van der Waals surface area (Å²) in [5, 5.41) is 3.00. The lowest BCUT2D eigenvalue weighted by atomic mass is 10.1. The van der Waals surface area contributed by atoms with Crippen molar-refractivity contribution in [1.82, 2.24) is 4.98 Å². The first-order chi connectivity index (χ1) is 10.2. The third kappa shape index (κ3) is 3.92. The molecular formula is C17H18N2O2. The summed E-state index contributed by atoms with van der Waals surface area (Å²) in [6.45, 7) is 2.11. The van der Waals surface area contributed by atoms with Gasteiger partial charge >= 0.3 is 5.97 Å². The molecule has 1 N–H and O–H groups in total. The number of hydrogen-bond acceptors (Lipinski definition) is 4. The molecule has 0 aliphatic rings. The van der Waals surface area contributed by atoms with E-state index in [2.05, 4.69) is 10.3 Å². The Morgan fingerprint density at radius 2 is 1.95 bits per heavy atom. The van der Waals surface area contributed by atoms with E-state index in [1.54, 1.807) is 20.0 Å². The zero-order valence-corrected chi connectivity index (χ0v) is 12.2. The maximum atomic E-state index is 11.7. The number of rotatable bonds is 5. The molecule has 0 saturated heterocycles. The monoisotopic (exact) mass is 282 g/mol. The summed E-state index contributed by atoms with van der Waals surface area (Å²) in [5.74, 6) is 0.236. The van der Waals surface area contributed by atoms with E-state index >= 15 is 0 Å². The molecule has 1 heterocycles. The third-order valence-corrected chi connectivity index (χ3v) is 2.90. The molecule has 2 aromatic rings. The molecule has 0 saturated carbocycles. The number of anilines is 1. The van der Waals surface area contributed by atoms with Gasteiger partial charge in [0.1, 0.15) is 5.82 Å². The Bertz CT molecular complexity index is 636. The Morgan fingerprint density at radius 3 is 2.62 bits per heavy atom. The molecule has 0 spiro atoms. The van der Waals surface area contributed by atoms with Crippen LogP contribution in [0.25, 0.3) is 12.2 Å². The minimum atomic E-state index is -0.410. The normalized spacial score (nSPS) is 10.6. The van der Waals surface area contributed by atoms with Gasteiger partial charge in [-0.05, 0) is 24.6 Å². The van der Waals surface area contributed by atoms with E-state index in [0.717, 1.165) is 11.1 Å². The van der Waals surface area contributed by atoms with E-state index in [9.17, 15) is 4.79 Å². The van der Waals surface area contributed by atoms with Gasteiger partial charge in [-0.3, -0.25) is 0 Å². The molecule has 0 unspecified atom stereocenters. The van der Waals surface area contributed by atoms with E-state index in [0.29, 0.717) is 18.1 Å². The first-order valence-corrected chi connectivity index (χ1v) is 6.83. The molecule has 0 atom stereocenters. The van der Waals surface area contributed by atoms with Gasteiger partial charge in [-0.15, -0.1) is 0 Å². The van der Waals surface area contributed by atoms with Gasteiger partial charge in [0.15, 0.2) is 5.69 Å². The minimum absolute atomic E-state index is 0.304. The number of aromatic nitrogens is 1. The largest absolute Gasteiger partial charge is 0.461 e. The summed E-state index contributed by atoms with van der Waals surface area (Å²) < 4.78 is 4.95. The number of benzene rings is 1. The smallest absolute Gasteiger partial charge is 0.356 e. The van der Waals surface area contributed by atoms with Crippen LogP contribution in [0.3, 0.4) is 0 Å². The topological polar surface area (TPSA) is 51.2 Å². The number of nitrogens with one attached hydrogen (secondary N) is 1. The summed E-state index contributed by atoms with van der Waals surface area (Å²) in [6, 6.07) is 13.5. The summed E-state index contributed by atoms with van der Waals surface area (Å²) >= 11 is 0. The zero-order chi connectivity index (χ0) is 15.1. The molecule has 0 radical (unpaired) electrons. The average molecular weight is 282 g/mol. The van der Waals surface area contributed by atoms with Crippen molar-refractivity contribution in [3.05, 3.63) is 59.3 Å². The van der Waals surface area contributed by atoms with E-state index in [1.165, 1.54) is 0 Å². The van der Waals surface area contributed by atoms with Gasteiger partial charge in [-0.1, -0.05) is 42.5 Å². The van der Waals surface area contributed by atoms with Gasteiger partial charge in [0.25, 0.3) is 0 Å². The predicted octanol–water partition coefficient (Wildman–Crippen LogP) is 3.47. The Morgan fingerprint density at radius 1 is 1.19 bits per heavy atom. The molecule has 1 aromatic carbocycles. The number of pyridine rings is 1. The molecule has 21 heavy (non-hydrogen) atoms. The molecule has 0 amide bonds. The fourth-order valence-corrected chi connectivity index (χ4v) is 1.87. The van der Waals surface area contributed by atoms with Crippen LogP contribution in [0.2, 0.25) is 0 Å². The number of hydrogen-bond donors (Lipinski definition) is 1. The van der Waals surface area contributed by atoms with Crippen LogP contribution in [-0.4, -0.2) is 24.6 Å². The molecule has 1 aromatic heterocycles. The SMILES string of the molecule is CCOC(=O)c1ccc(/C=C/c2ccccc2)c(NC)n1. The van der Waals surface area contributed by atoms with E-state index in [4.69, 9.17) is 4.74 Å². The highest BCUT2D eigenvalue weighted by atomic mass is 16.5. The second-order valence-corrected chi connectivity index (χ2v) is 4.35. The minimum Gasteiger partial charge on any atom is -0.461 e. The number of nitrogens with zero attached hydrogens (tertiary/aromatic N) is 1. The van der Waals surface area contributed by atoms with Crippen LogP contribution in [0.15, 0.2) is 42.5 Å². The van der Waals surface area contributed by atoms with Crippen molar-refractivity contribution in [3.8, 4) is 0 Å². The molecule has 108 valence electrons. The van der Waals surface area contributed by atoms with Gasteiger partial charge in [-0.25, -0.2) is 9.78 Å². The highest BCUT2D eigenvalue weighted by molar-refractivity contribution is 5.88. The van der Waals surface area contributed by atoms with Crippen molar-refractivity contribution in [2.75, 3.05) is 19.0 Å². The van der Waals surface area contributed by atoms with E-state index < -0.39 is 5.97 Å². The average Bonchev–Trinajstić information content (AvgIpc) is 2.54. The standard InChI is InChI=1S/C17H18N2O2/c1-3-21-17(20)15-12-11-14(16(18-2)19-15)10-9-13-7-5-4-6-8-13/h4-12H,3H2,1-2H3,(H,18,19)/b10-9+. The van der Waals surface area contributed by atoms with Crippen molar-refractivity contribution in [3.63, 3.8) is 0 Å². The van der Waals surface area contributed by atoms with Crippen LogP contribution in [0, 0.1) is 0 Å². The molecule has 0 aliphatic heterocycles. The maximum Gasteiger partial charge on any atom is 0.356 e. The zero-order valence-electron chi connectivity index (χ0n) is 12.2. The lowest BCUT2D eigenvalue weighted by molar-refractivity contribution is 0.0519. The fraction of sp³-hybridized carbons (Fsp3) is 0.176. The van der Waals surface area contributed by atoms with Crippen LogP contribution < -0.4 is 5.32 Å². The van der Waals surface area contributed by atoms with Gasteiger partial charge in [0.2, 0.25) is 0 Å². The van der Waals surface area contributed by atoms with Crippen molar-refractivity contribution >= 4 is 23.9 Å². The summed E-state index contributed by atoms with van der Waals surface area (Å²) in [5.41, 5.74) is 2.32. The van der Waals surface area contributed by atoms with Crippen molar-refractivity contribution < 1.29 is 9.53 Å². The molecule has 0 fully saturated rings. The lowest BCUT2D eigenvalue weighted by Crippen LogP contribution is -2.09. The number of carbonyl (C=O) groups excluding carboxylic acids is 1. The highest BCUT2D eigenvalue weighted by Gasteiger charge is 2.10. The predicted molar refractivity (Wildman–Crippen MR) is 85.1 cm³/mol. The maximum absolute atomic E-state index is 11.7. The van der Waals surface area contributed by atoms with E-state index in [-0.39, 0.29) is 0 Å². The lowest BCUT2D eigenvalue weighted by Gasteiger charge is -2.07. The number of ether oxygens (including phenoxy) is 1. The molecular weight excluding hydrogens is 264 g/mol. The second kappa shape index (κ2) is 7.24. The molecule has 4 heteroatoms. The third-order valence-electron chi connectivity index (χ3n) is 2.90. The Hall–Kier alpha value is -2.62. The van der Waals surface area contributed by atoms with Crippen LogP contribution in [0.1, 0.15) is 28.5 Å². The summed E-state index contributed by atoms with van der Waals surface area (Å²) in [6.07, 6.45) is 3.96. The van der Waals surface area contributed by atoms with Gasteiger partial charge in [0, 0.05) is 12.6 Å². The highest BCUT2D eigenvalue weighted by Crippen LogP contribution is 2.17. The van der Waals surface area contributed by atoms with Crippen LogP contribution in [0.5, 0.6) is 0 Å². The van der Waals surface area contributed by atoms with Gasteiger partial charge in [-0.2, -0.15) is 0 Å². The van der Waals surface area contributed by atoms with Crippen molar-refractivity contribution in [1.29, 1.82) is 0 Å². The molecule has 0 aliphatic carbocycles. The Labute approximate surface area is 124 Å². The van der Waals surface area contributed by atoms with Crippen molar-refractivity contribution in [2.45, 2.75) is 6.92 Å². The molecule has 2 rings (SSSR count). The van der Waals surface area contributed by atoms with Gasteiger partial charge in [0.05, 0.1) is 6.61 Å². The summed E-state index contributed by atoms with van der Waals surface area (Å²) in [7, 11) is 1.77. The van der Waals surface area contributed by atoms with Gasteiger partial charge < -0.3 is 10.1 Å². The number of carbonyl (C=O) groups is 1. The molecule has 0 bridgehead atoms. The first kappa shape index (κ1) is 14.8. The fourth-order valence-electron chi connectivity index (χ4n) is 1.87. The Balaban J connectivity index is 2.24. The first-order valence-electron chi connectivity index (χ1n) is 6.83. The summed E-state index contributed by atoms with van der Waals surface area (Å²) in [4.78, 5) is 16.0. The number of esters is 1. The van der Waals surface area contributed by atoms with Crippen LogP contribution >= 0.6 is 0 Å². The van der Waals surface area contributed by atoms with Crippen LogP contribution in [0.4, 0.5) is 5.82 Å². The second-order valence-electron chi connectivity index (χ2n) is 4.35. The van der Waals surface area contributed by atoms with Crippen LogP contribution in [-0.2, 0) is 4.74 Å².